The molecule has 0 saturated carbocycles. The quantitative estimate of drug-likeness (QED) is 0.566. The van der Waals surface area contributed by atoms with Gasteiger partial charge in [0.1, 0.15) is 11.4 Å². The molecule has 1 N–H and O–H groups in total. The Balaban J connectivity index is 1.87. The lowest BCUT2D eigenvalue weighted by Crippen LogP contribution is -2.37. The molecular formula is C19H15BrF2N4O4. The van der Waals surface area contributed by atoms with Crippen molar-refractivity contribution in [2.75, 3.05) is 5.32 Å². The maximum absolute atomic E-state index is 12.5. The number of aromatic nitrogens is 3. The van der Waals surface area contributed by atoms with E-state index in [1.807, 2.05) is 0 Å². The molecule has 156 valence electrons. The molecule has 0 saturated heterocycles. The van der Waals surface area contributed by atoms with Gasteiger partial charge in [0.05, 0.1) is 17.3 Å². The van der Waals surface area contributed by atoms with Crippen molar-refractivity contribution in [2.24, 2.45) is 14.1 Å². The van der Waals surface area contributed by atoms with Crippen molar-refractivity contribution in [1.29, 1.82) is 0 Å². The summed E-state index contributed by atoms with van der Waals surface area (Å²) >= 11 is 3.23. The molecule has 2 aromatic heterocycles. The van der Waals surface area contributed by atoms with E-state index < -0.39 is 23.8 Å². The number of hydrogen-bond donors (Lipinski definition) is 1. The molecule has 0 spiro atoms. The van der Waals surface area contributed by atoms with Gasteiger partial charge in [-0.3, -0.25) is 18.7 Å². The van der Waals surface area contributed by atoms with E-state index in [4.69, 9.17) is 0 Å². The molecule has 0 atom stereocenters. The summed E-state index contributed by atoms with van der Waals surface area (Å²) in [7, 11) is 2.82. The van der Waals surface area contributed by atoms with Gasteiger partial charge in [-0.2, -0.15) is 8.78 Å². The minimum absolute atomic E-state index is 0.0889. The molecule has 11 heteroatoms. The van der Waals surface area contributed by atoms with E-state index in [1.54, 1.807) is 0 Å². The van der Waals surface area contributed by atoms with Crippen molar-refractivity contribution in [3.05, 3.63) is 67.4 Å². The Bertz CT molecular complexity index is 1280. The first-order chi connectivity index (χ1) is 14.2. The van der Waals surface area contributed by atoms with Crippen LogP contribution in [-0.2, 0) is 18.9 Å². The highest BCUT2D eigenvalue weighted by molar-refractivity contribution is 9.10. The van der Waals surface area contributed by atoms with Gasteiger partial charge in [0.15, 0.2) is 0 Å². The molecule has 8 nitrogen and oxygen atoms in total. The number of hydrogen-bond acceptors (Lipinski definition) is 5. The summed E-state index contributed by atoms with van der Waals surface area (Å²) in [5, 5.41) is 2.69. The zero-order valence-electron chi connectivity index (χ0n) is 15.7. The number of ether oxygens (including phenoxy) is 1. The smallest absolute Gasteiger partial charge is 0.387 e. The number of carbonyl (C=O) groups excluding carboxylic acids is 1. The number of alkyl halides is 2. The molecule has 0 bridgehead atoms. The Labute approximate surface area is 176 Å². The topological polar surface area (TPSA) is 95.2 Å². The Morgan fingerprint density at radius 2 is 1.97 bits per heavy atom. The van der Waals surface area contributed by atoms with E-state index in [0.29, 0.717) is 4.47 Å². The minimum Gasteiger partial charge on any atom is -0.434 e. The fourth-order valence-corrected chi connectivity index (χ4v) is 3.11. The lowest BCUT2D eigenvalue weighted by atomic mass is 10.2. The van der Waals surface area contributed by atoms with Crippen LogP contribution in [0.4, 0.5) is 14.5 Å². The number of fused-ring (bicyclic) bond motifs is 1. The summed E-state index contributed by atoms with van der Waals surface area (Å²) in [6, 6.07) is 5.80. The van der Waals surface area contributed by atoms with Crippen LogP contribution in [0.5, 0.6) is 5.75 Å². The molecular weight excluding hydrogens is 466 g/mol. The van der Waals surface area contributed by atoms with Crippen LogP contribution < -0.4 is 21.3 Å². The summed E-state index contributed by atoms with van der Waals surface area (Å²) in [5.74, 6) is -0.671. The predicted molar refractivity (Wildman–Crippen MR) is 111 cm³/mol. The molecule has 3 aromatic rings. The van der Waals surface area contributed by atoms with E-state index in [-0.39, 0.29) is 28.0 Å². The number of rotatable bonds is 5. The average molecular weight is 481 g/mol. The second kappa shape index (κ2) is 8.57. The van der Waals surface area contributed by atoms with Crippen LogP contribution >= 0.6 is 15.9 Å². The first-order valence-corrected chi connectivity index (χ1v) is 9.26. The van der Waals surface area contributed by atoms with Crippen LogP contribution in [0, 0.1) is 0 Å². The van der Waals surface area contributed by atoms with E-state index in [9.17, 15) is 23.2 Å². The lowest BCUT2D eigenvalue weighted by Gasteiger charge is -2.09. The fraction of sp³-hybridized carbons (Fsp3) is 0.158. The molecule has 0 aliphatic carbocycles. The fourth-order valence-electron chi connectivity index (χ4n) is 2.74. The highest BCUT2D eigenvalue weighted by Crippen LogP contribution is 2.26. The average Bonchev–Trinajstić information content (AvgIpc) is 2.70. The highest BCUT2D eigenvalue weighted by atomic mass is 79.9. The van der Waals surface area contributed by atoms with Gasteiger partial charge in [0.2, 0.25) is 5.91 Å². The third kappa shape index (κ3) is 4.46. The number of pyridine rings is 1. The number of halogens is 3. The Kier molecular flexibility index (Phi) is 6.11. The standard InChI is InChI=1S/C19H15BrF2N4O4/c1-25-16-13(17(28)26(2)19(25)29)8-12(9-23-16)24-15(27)6-3-10-7-11(20)4-5-14(10)30-18(21)22/h3-9,18H,1-2H3,(H,24,27)/b6-3+. The van der Waals surface area contributed by atoms with Gasteiger partial charge in [-0.05, 0) is 30.3 Å². The molecule has 30 heavy (non-hydrogen) atoms. The van der Waals surface area contributed by atoms with Gasteiger partial charge in [0, 0.05) is 30.2 Å². The number of benzene rings is 1. The summed E-state index contributed by atoms with van der Waals surface area (Å²) in [6.07, 6.45) is 3.75. The number of nitrogens with one attached hydrogen (secondary N) is 1. The van der Waals surface area contributed by atoms with E-state index in [2.05, 4.69) is 31.0 Å². The molecule has 0 aliphatic heterocycles. The first-order valence-electron chi connectivity index (χ1n) is 8.46. The maximum Gasteiger partial charge on any atom is 0.387 e. The Hall–Kier alpha value is -3.34. The van der Waals surface area contributed by atoms with Gasteiger partial charge in [-0.15, -0.1) is 0 Å². The highest BCUT2D eigenvalue weighted by Gasteiger charge is 2.12. The molecule has 1 aromatic carbocycles. The predicted octanol–water partition coefficient (Wildman–Crippen LogP) is 2.65. The van der Waals surface area contributed by atoms with E-state index >= 15 is 0 Å². The largest absolute Gasteiger partial charge is 0.434 e. The van der Waals surface area contributed by atoms with Gasteiger partial charge in [-0.1, -0.05) is 15.9 Å². The van der Waals surface area contributed by atoms with Crippen LogP contribution in [0.3, 0.4) is 0 Å². The van der Waals surface area contributed by atoms with Crippen molar-refractivity contribution < 1.29 is 18.3 Å². The molecule has 0 unspecified atom stereocenters. The van der Waals surface area contributed by atoms with Crippen molar-refractivity contribution in [2.45, 2.75) is 6.61 Å². The normalized spacial score (nSPS) is 11.4. The second-order valence-corrected chi connectivity index (χ2v) is 7.10. The van der Waals surface area contributed by atoms with E-state index in [0.717, 1.165) is 10.6 Å². The third-order valence-electron chi connectivity index (χ3n) is 4.16. The Morgan fingerprint density at radius 3 is 2.67 bits per heavy atom. The van der Waals surface area contributed by atoms with Crippen LogP contribution in [-0.4, -0.2) is 26.6 Å². The molecule has 0 aliphatic rings. The third-order valence-corrected chi connectivity index (χ3v) is 4.66. The Morgan fingerprint density at radius 1 is 1.23 bits per heavy atom. The van der Waals surface area contributed by atoms with Gasteiger partial charge in [-0.25, -0.2) is 9.78 Å². The molecule has 2 heterocycles. The molecule has 0 fully saturated rings. The van der Waals surface area contributed by atoms with Crippen molar-refractivity contribution >= 4 is 44.6 Å². The molecule has 0 radical (unpaired) electrons. The number of aryl methyl sites for hydroxylation is 1. The molecule has 3 rings (SSSR count). The maximum atomic E-state index is 12.5. The number of amides is 1. The lowest BCUT2D eigenvalue weighted by molar-refractivity contribution is -0.111. The summed E-state index contributed by atoms with van der Waals surface area (Å²) in [4.78, 5) is 40.6. The van der Waals surface area contributed by atoms with Gasteiger partial charge < -0.3 is 10.1 Å². The number of anilines is 1. The van der Waals surface area contributed by atoms with Crippen LogP contribution in [0.2, 0.25) is 0 Å². The number of nitrogens with zero attached hydrogens (tertiary/aromatic N) is 3. The molecule has 1 amide bonds. The summed E-state index contributed by atoms with van der Waals surface area (Å²) in [6.45, 7) is -3.01. The van der Waals surface area contributed by atoms with Gasteiger partial charge in [0.25, 0.3) is 5.56 Å². The second-order valence-electron chi connectivity index (χ2n) is 6.18. The minimum atomic E-state index is -3.01. The van der Waals surface area contributed by atoms with Gasteiger partial charge >= 0.3 is 12.3 Å². The van der Waals surface area contributed by atoms with E-state index in [1.165, 1.54) is 55.2 Å². The number of carbonyl (C=O) groups is 1. The van der Waals surface area contributed by atoms with Crippen molar-refractivity contribution in [1.82, 2.24) is 14.1 Å². The SMILES string of the molecule is Cn1c(=O)c2cc(NC(=O)/C=C/c3cc(Br)ccc3OC(F)F)cnc2n(C)c1=O. The van der Waals surface area contributed by atoms with Crippen LogP contribution in [0.15, 0.2) is 50.6 Å². The monoisotopic (exact) mass is 480 g/mol. The van der Waals surface area contributed by atoms with Crippen molar-refractivity contribution in [3.8, 4) is 5.75 Å². The summed E-state index contributed by atoms with van der Waals surface area (Å²) < 4.78 is 32.3. The zero-order chi connectivity index (χ0) is 22.0. The van der Waals surface area contributed by atoms with Crippen LogP contribution in [0.1, 0.15) is 5.56 Å². The van der Waals surface area contributed by atoms with Crippen molar-refractivity contribution in [3.63, 3.8) is 0 Å². The summed E-state index contributed by atoms with van der Waals surface area (Å²) in [5.41, 5.74) is -0.392. The van der Waals surface area contributed by atoms with Crippen LogP contribution in [0.25, 0.3) is 17.1 Å². The zero-order valence-corrected chi connectivity index (χ0v) is 17.3. The first kappa shape index (κ1) is 21.4.